The molecule has 1 aromatic carbocycles. The van der Waals surface area contributed by atoms with Gasteiger partial charge in [-0.3, -0.25) is 0 Å². The van der Waals surface area contributed by atoms with Crippen molar-refractivity contribution >= 4 is 11.6 Å². The molecule has 1 heterocycles. The fourth-order valence-electron chi connectivity index (χ4n) is 1.74. The van der Waals surface area contributed by atoms with Crippen molar-refractivity contribution in [2.75, 3.05) is 20.6 Å². The second kappa shape index (κ2) is 5.34. The van der Waals surface area contributed by atoms with Gasteiger partial charge in [0.25, 0.3) is 0 Å². The van der Waals surface area contributed by atoms with Crippen molar-refractivity contribution in [3.8, 4) is 11.4 Å². The van der Waals surface area contributed by atoms with Crippen molar-refractivity contribution in [3.05, 3.63) is 41.2 Å². The number of rotatable bonds is 4. The van der Waals surface area contributed by atoms with E-state index in [-0.39, 0.29) is 0 Å². The third kappa shape index (κ3) is 3.08. The molecule has 0 saturated carbocycles. The van der Waals surface area contributed by atoms with Gasteiger partial charge in [-0.2, -0.15) is 0 Å². The minimum atomic E-state index is 0.741. The van der Waals surface area contributed by atoms with Crippen LogP contribution >= 0.6 is 11.6 Å². The number of likely N-dealkylation sites (N-methyl/N-ethyl adjacent to an activating group) is 1. The van der Waals surface area contributed by atoms with Gasteiger partial charge in [0.05, 0.1) is 0 Å². The normalized spacial score (nSPS) is 11.1. The molecule has 4 heteroatoms. The van der Waals surface area contributed by atoms with Gasteiger partial charge in [0.2, 0.25) is 0 Å². The first-order valence-electron chi connectivity index (χ1n) is 5.60. The summed E-state index contributed by atoms with van der Waals surface area (Å²) >= 11 is 6.04. The van der Waals surface area contributed by atoms with E-state index in [0.29, 0.717) is 0 Å². The van der Waals surface area contributed by atoms with E-state index in [0.717, 1.165) is 29.4 Å². The summed E-state index contributed by atoms with van der Waals surface area (Å²) in [5, 5.41) is 0.741. The third-order valence-electron chi connectivity index (χ3n) is 2.65. The number of nitrogens with zero attached hydrogens (tertiary/aromatic N) is 2. The molecule has 3 nitrogen and oxygen atoms in total. The van der Waals surface area contributed by atoms with Crippen molar-refractivity contribution in [3.63, 3.8) is 0 Å². The molecule has 0 aliphatic rings. The smallest absolute Gasteiger partial charge is 0.137 e. The van der Waals surface area contributed by atoms with E-state index in [4.69, 9.17) is 11.6 Å². The SMILES string of the molecule is CN(C)CCc1ccc(Cl)cc1-c1ncc[nH]1. The number of hydrogen-bond donors (Lipinski definition) is 1. The number of H-pyrrole nitrogens is 1. The van der Waals surface area contributed by atoms with Gasteiger partial charge in [-0.05, 0) is 38.2 Å². The maximum atomic E-state index is 6.04. The predicted octanol–water partition coefficient (Wildman–Crippen LogP) is 2.83. The van der Waals surface area contributed by atoms with Gasteiger partial charge in [-0.1, -0.05) is 17.7 Å². The Bertz CT molecular complexity index is 477. The summed E-state index contributed by atoms with van der Waals surface area (Å²) < 4.78 is 0. The van der Waals surface area contributed by atoms with Gasteiger partial charge in [0.1, 0.15) is 5.82 Å². The lowest BCUT2D eigenvalue weighted by Gasteiger charge is -2.12. The Labute approximate surface area is 106 Å². The van der Waals surface area contributed by atoms with Gasteiger partial charge in [-0.25, -0.2) is 4.98 Å². The Kier molecular flexibility index (Phi) is 3.82. The largest absolute Gasteiger partial charge is 0.345 e. The van der Waals surface area contributed by atoms with Crippen molar-refractivity contribution in [2.24, 2.45) is 0 Å². The molecule has 0 radical (unpaired) electrons. The molecular formula is C13H16ClN3. The lowest BCUT2D eigenvalue weighted by molar-refractivity contribution is 0.414. The second-order valence-electron chi connectivity index (χ2n) is 4.29. The van der Waals surface area contributed by atoms with E-state index in [1.54, 1.807) is 6.20 Å². The van der Waals surface area contributed by atoms with Crippen LogP contribution in [0.5, 0.6) is 0 Å². The fourth-order valence-corrected chi connectivity index (χ4v) is 1.92. The summed E-state index contributed by atoms with van der Waals surface area (Å²) in [5.74, 6) is 0.876. The van der Waals surface area contributed by atoms with E-state index < -0.39 is 0 Å². The van der Waals surface area contributed by atoms with Crippen LogP contribution in [-0.4, -0.2) is 35.5 Å². The summed E-state index contributed by atoms with van der Waals surface area (Å²) in [6.07, 6.45) is 4.57. The van der Waals surface area contributed by atoms with Crippen molar-refractivity contribution in [1.29, 1.82) is 0 Å². The van der Waals surface area contributed by atoms with Crippen LogP contribution in [0, 0.1) is 0 Å². The van der Waals surface area contributed by atoms with Gasteiger partial charge in [0.15, 0.2) is 0 Å². The van der Waals surface area contributed by atoms with Crippen molar-refractivity contribution in [1.82, 2.24) is 14.9 Å². The molecule has 0 atom stereocenters. The average Bonchev–Trinajstić information content (AvgIpc) is 2.80. The number of nitrogens with one attached hydrogen (secondary N) is 1. The van der Waals surface area contributed by atoms with Gasteiger partial charge < -0.3 is 9.88 Å². The standard InChI is InChI=1S/C13H16ClN3/c1-17(2)8-5-10-3-4-11(14)9-12(10)13-15-6-7-16-13/h3-4,6-7,9H,5,8H2,1-2H3,(H,15,16). The van der Waals surface area contributed by atoms with Gasteiger partial charge in [0, 0.05) is 29.5 Å². The monoisotopic (exact) mass is 249 g/mol. The lowest BCUT2D eigenvalue weighted by Crippen LogP contribution is -2.15. The molecule has 0 spiro atoms. The molecule has 0 bridgehead atoms. The summed E-state index contributed by atoms with van der Waals surface area (Å²) in [6, 6.07) is 5.97. The number of aromatic amines is 1. The number of hydrogen-bond acceptors (Lipinski definition) is 2. The molecule has 1 N–H and O–H groups in total. The minimum Gasteiger partial charge on any atom is -0.345 e. The predicted molar refractivity (Wildman–Crippen MR) is 71.3 cm³/mol. The minimum absolute atomic E-state index is 0.741. The van der Waals surface area contributed by atoms with Crippen LogP contribution in [0.1, 0.15) is 5.56 Å². The fraction of sp³-hybridized carbons (Fsp3) is 0.308. The van der Waals surface area contributed by atoms with Crippen LogP contribution in [0.3, 0.4) is 0 Å². The van der Waals surface area contributed by atoms with E-state index in [2.05, 4.69) is 35.0 Å². The highest BCUT2D eigenvalue weighted by molar-refractivity contribution is 6.30. The number of aromatic nitrogens is 2. The molecule has 0 saturated heterocycles. The Balaban J connectivity index is 2.31. The molecule has 0 aliphatic heterocycles. The summed E-state index contributed by atoms with van der Waals surface area (Å²) in [7, 11) is 4.14. The number of imidazole rings is 1. The second-order valence-corrected chi connectivity index (χ2v) is 4.73. The zero-order valence-electron chi connectivity index (χ0n) is 10.1. The van der Waals surface area contributed by atoms with E-state index in [9.17, 15) is 0 Å². The number of halogens is 1. The molecule has 2 aromatic rings. The maximum Gasteiger partial charge on any atom is 0.137 e. The average molecular weight is 250 g/mol. The molecule has 2 rings (SSSR count). The highest BCUT2D eigenvalue weighted by atomic mass is 35.5. The highest BCUT2D eigenvalue weighted by Crippen LogP contribution is 2.24. The first kappa shape index (κ1) is 12.1. The Morgan fingerprint density at radius 1 is 1.35 bits per heavy atom. The van der Waals surface area contributed by atoms with Crippen LogP contribution in [0.25, 0.3) is 11.4 Å². The zero-order chi connectivity index (χ0) is 12.3. The topological polar surface area (TPSA) is 31.9 Å². The van der Waals surface area contributed by atoms with Crippen LogP contribution in [0.2, 0.25) is 5.02 Å². The van der Waals surface area contributed by atoms with E-state index in [1.807, 2.05) is 18.3 Å². The summed E-state index contributed by atoms with van der Waals surface area (Å²) in [6.45, 7) is 1.01. The zero-order valence-corrected chi connectivity index (χ0v) is 10.8. The van der Waals surface area contributed by atoms with Crippen LogP contribution in [0.15, 0.2) is 30.6 Å². The molecule has 0 amide bonds. The quantitative estimate of drug-likeness (QED) is 0.904. The first-order chi connectivity index (χ1) is 8.16. The molecule has 0 unspecified atom stereocenters. The molecule has 0 fully saturated rings. The molecule has 1 aromatic heterocycles. The van der Waals surface area contributed by atoms with Crippen LogP contribution in [0.4, 0.5) is 0 Å². The van der Waals surface area contributed by atoms with E-state index >= 15 is 0 Å². The summed E-state index contributed by atoms with van der Waals surface area (Å²) in [4.78, 5) is 9.58. The van der Waals surface area contributed by atoms with Crippen LogP contribution in [-0.2, 0) is 6.42 Å². The highest BCUT2D eigenvalue weighted by Gasteiger charge is 2.08. The lowest BCUT2D eigenvalue weighted by atomic mass is 10.0. The Morgan fingerprint density at radius 2 is 2.18 bits per heavy atom. The molecule has 0 aliphatic carbocycles. The molecule has 90 valence electrons. The third-order valence-corrected chi connectivity index (χ3v) is 2.89. The van der Waals surface area contributed by atoms with Crippen molar-refractivity contribution in [2.45, 2.75) is 6.42 Å². The van der Waals surface area contributed by atoms with Gasteiger partial charge in [-0.15, -0.1) is 0 Å². The summed E-state index contributed by atoms with van der Waals surface area (Å²) in [5.41, 5.74) is 2.35. The molecular weight excluding hydrogens is 234 g/mol. The van der Waals surface area contributed by atoms with Crippen LogP contribution < -0.4 is 0 Å². The first-order valence-corrected chi connectivity index (χ1v) is 5.97. The Hall–Kier alpha value is -1.32. The maximum absolute atomic E-state index is 6.04. The van der Waals surface area contributed by atoms with Gasteiger partial charge >= 0.3 is 0 Å². The Morgan fingerprint density at radius 3 is 2.82 bits per heavy atom. The molecule has 17 heavy (non-hydrogen) atoms. The van der Waals surface area contributed by atoms with E-state index in [1.165, 1.54) is 5.56 Å². The van der Waals surface area contributed by atoms with Crippen molar-refractivity contribution < 1.29 is 0 Å². The number of benzene rings is 1.